The van der Waals surface area contributed by atoms with Crippen molar-refractivity contribution in [3.8, 4) is 0 Å². The third-order valence-corrected chi connectivity index (χ3v) is 7.62. The van der Waals surface area contributed by atoms with Crippen LogP contribution in [0.15, 0.2) is 35.1 Å². The summed E-state index contributed by atoms with van der Waals surface area (Å²) in [4.78, 5) is 29.1. The second-order valence-electron chi connectivity index (χ2n) is 9.60. The predicted octanol–water partition coefficient (Wildman–Crippen LogP) is 3.55. The van der Waals surface area contributed by atoms with Crippen LogP contribution < -0.4 is 4.90 Å². The lowest BCUT2D eigenvalue weighted by Crippen LogP contribution is -2.51. The molecule has 1 unspecified atom stereocenters. The second kappa shape index (κ2) is 10.1. The number of likely N-dealkylation sites (N-methyl/N-ethyl adjacent to an activating group) is 1. The Morgan fingerprint density at radius 1 is 1.18 bits per heavy atom. The first kappa shape index (κ1) is 24.1. The molecule has 1 aliphatic carbocycles. The number of hydrogen-bond donors (Lipinski definition) is 1. The number of nitrogens with zero attached hydrogens (tertiary/aromatic N) is 5. The van der Waals surface area contributed by atoms with Crippen LogP contribution in [-0.2, 0) is 4.79 Å². The van der Waals surface area contributed by atoms with Crippen molar-refractivity contribution in [2.45, 2.75) is 51.2 Å². The van der Waals surface area contributed by atoms with Crippen molar-refractivity contribution in [2.24, 2.45) is 0 Å². The van der Waals surface area contributed by atoms with E-state index in [-0.39, 0.29) is 17.7 Å². The van der Waals surface area contributed by atoms with E-state index in [1.54, 1.807) is 6.33 Å². The average Bonchev–Trinajstić information content (AvgIpc) is 3.11. The maximum Gasteiger partial charge on any atom is 0.231 e. The molecule has 0 bridgehead atoms. The molecule has 2 aliphatic rings. The molecule has 1 aromatic heterocycles. The zero-order valence-corrected chi connectivity index (χ0v) is 21.5. The molecule has 2 aromatic rings. The Hall–Kier alpha value is -2.03. The van der Waals surface area contributed by atoms with Crippen molar-refractivity contribution >= 4 is 27.7 Å². The molecule has 2 heterocycles. The Morgan fingerprint density at radius 2 is 1.85 bits per heavy atom. The van der Waals surface area contributed by atoms with Gasteiger partial charge in [0.05, 0.1) is 17.7 Å². The zero-order chi connectivity index (χ0) is 23.7. The number of aliphatic hydroxyl groups excluding tert-OH is 1. The van der Waals surface area contributed by atoms with Crippen LogP contribution in [0.25, 0.3) is 0 Å². The first-order valence-electron chi connectivity index (χ1n) is 11.8. The van der Waals surface area contributed by atoms with Crippen molar-refractivity contribution < 1.29 is 9.90 Å². The largest absolute Gasteiger partial charge is 0.387 e. The van der Waals surface area contributed by atoms with Crippen LogP contribution in [0.4, 0.5) is 5.82 Å². The van der Waals surface area contributed by atoms with Crippen molar-refractivity contribution in [2.75, 3.05) is 44.7 Å². The lowest BCUT2D eigenvalue weighted by molar-refractivity contribution is -0.133. The number of aromatic nitrogens is 2. The molecule has 4 rings (SSSR count). The number of piperazine rings is 1. The van der Waals surface area contributed by atoms with E-state index in [9.17, 15) is 9.90 Å². The molecule has 1 N–H and O–H groups in total. The van der Waals surface area contributed by atoms with Crippen LogP contribution in [0.5, 0.6) is 0 Å². The predicted molar refractivity (Wildman–Crippen MR) is 133 cm³/mol. The van der Waals surface area contributed by atoms with Gasteiger partial charge in [0.25, 0.3) is 0 Å². The summed E-state index contributed by atoms with van der Waals surface area (Å²) in [6.45, 7) is 9.89. The Labute approximate surface area is 204 Å². The fraction of sp³-hybridized carbons (Fsp3) is 0.560. The first-order chi connectivity index (χ1) is 15.8. The molecular weight excluding hydrogens is 482 g/mol. The van der Waals surface area contributed by atoms with E-state index in [1.165, 1.54) is 0 Å². The summed E-state index contributed by atoms with van der Waals surface area (Å²) in [7, 11) is 2.08. The van der Waals surface area contributed by atoms with E-state index < -0.39 is 6.10 Å². The number of rotatable bonds is 6. The quantitative estimate of drug-likeness (QED) is 0.634. The van der Waals surface area contributed by atoms with Gasteiger partial charge in [0.1, 0.15) is 12.1 Å². The Balaban J connectivity index is 1.49. The topological polar surface area (TPSA) is 72.8 Å². The molecule has 1 aromatic carbocycles. The zero-order valence-electron chi connectivity index (χ0n) is 19.9. The van der Waals surface area contributed by atoms with Crippen LogP contribution >= 0.6 is 15.9 Å². The number of benzene rings is 1. The second-order valence-corrected chi connectivity index (χ2v) is 10.5. The molecular formula is C25H34BrN5O2. The molecule has 1 aliphatic heterocycles. The summed E-state index contributed by atoms with van der Waals surface area (Å²) >= 11 is 3.50. The van der Waals surface area contributed by atoms with Gasteiger partial charge in [-0.2, -0.15) is 0 Å². The van der Waals surface area contributed by atoms with E-state index >= 15 is 0 Å². The van der Waals surface area contributed by atoms with Gasteiger partial charge in [-0.25, -0.2) is 9.97 Å². The fourth-order valence-corrected chi connectivity index (χ4v) is 5.10. The molecule has 1 fully saturated rings. The van der Waals surface area contributed by atoms with Crippen molar-refractivity contribution in [1.29, 1.82) is 0 Å². The van der Waals surface area contributed by atoms with Crippen molar-refractivity contribution in [3.05, 3.63) is 51.9 Å². The van der Waals surface area contributed by atoms with Crippen molar-refractivity contribution in [1.82, 2.24) is 19.8 Å². The molecule has 0 saturated carbocycles. The Bertz CT molecular complexity index is 975. The highest BCUT2D eigenvalue weighted by molar-refractivity contribution is 9.10. The van der Waals surface area contributed by atoms with Gasteiger partial charge >= 0.3 is 0 Å². The molecule has 7 nitrogen and oxygen atoms in total. The van der Waals surface area contributed by atoms with Crippen LogP contribution in [0.1, 0.15) is 62.0 Å². The molecule has 3 atom stereocenters. The molecule has 0 radical (unpaired) electrons. The Kier molecular flexibility index (Phi) is 7.36. The van der Waals surface area contributed by atoms with E-state index in [0.717, 1.165) is 40.2 Å². The van der Waals surface area contributed by atoms with E-state index in [1.807, 2.05) is 29.2 Å². The summed E-state index contributed by atoms with van der Waals surface area (Å²) in [5.74, 6) is 1.14. The number of carbonyl (C=O) groups is 1. The summed E-state index contributed by atoms with van der Waals surface area (Å²) in [6, 6.07) is 8.48. The van der Waals surface area contributed by atoms with Gasteiger partial charge in [-0.3, -0.25) is 4.79 Å². The van der Waals surface area contributed by atoms with Gasteiger partial charge in [-0.05, 0) is 50.9 Å². The summed E-state index contributed by atoms with van der Waals surface area (Å²) in [5, 5.41) is 10.3. The minimum absolute atomic E-state index is 0.182. The number of carbonyl (C=O) groups excluding carboxylic acids is 1. The molecule has 33 heavy (non-hydrogen) atoms. The minimum atomic E-state index is -0.510. The molecule has 178 valence electrons. The maximum atomic E-state index is 13.7. The Morgan fingerprint density at radius 3 is 2.48 bits per heavy atom. The SMILES string of the molecule is CC1C[C@H](O)c2ncnc(N3CCN(C(=O)[C@H](CN(C)C(C)C)c4ccc(Br)cc4)CC3)c21. The third kappa shape index (κ3) is 5.08. The summed E-state index contributed by atoms with van der Waals surface area (Å²) in [5.41, 5.74) is 2.88. The van der Waals surface area contributed by atoms with Crippen LogP contribution in [-0.4, -0.2) is 76.6 Å². The summed E-state index contributed by atoms with van der Waals surface area (Å²) in [6.07, 6.45) is 1.74. The standard InChI is InChI=1S/C25H34BrN5O2/c1-16(2)29(4)14-20(18-5-7-19(26)8-6-18)25(33)31-11-9-30(10-12-31)24-22-17(3)13-21(32)23(22)27-15-28-24/h5-8,15-17,20-21,32H,9-14H2,1-4H3/t17?,20-,21+/m1/s1. The van der Waals surface area contributed by atoms with E-state index in [2.05, 4.69) is 63.5 Å². The monoisotopic (exact) mass is 515 g/mol. The third-order valence-electron chi connectivity index (χ3n) is 7.09. The number of hydrogen-bond acceptors (Lipinski definition) is 6. The smallest absolute Gasteiger partial charge is 0.231 e. The van der Waals surface area contributed by atoms with Crippen LogP contribution in [0.2, 0.25) is 0 Å². The lowest BCUT2D eigenvalue weighted by Gasteiger charge is -2.38. The average molecular weight is 516 g/mol. The van der Waals surface area contributed by atoms with Gasteiger partial charge < -0.3 is 19.8 Å². The van der Waals surface area contributed by atoms with Gasteiger partial charge in [0.15, 0.2) is 0 Å². The van der Waals surface area contributed by atoms with Gasteiger partial charge in [-0.1, -0.05) is 35.0 Å². The number of amides is 1. The van der Waals surface area contributed by atoms with Crippen LogP contribution in [0.3, 0.4) is 0 Å². The molecule has 1 amide bonds. The van der Waals surface area contributed by atoms with E-state index in [0.29, 0.717) is 32.1 Å². The maximum absolute atomic E-state index is 13.7. The molecule has 0 spiro atoms. The molecule has 1 saturated heterocycles. The number of aliphatic hydroxyl groups is 1. The number of anilines is 1. The van der Waals surface area contributed by atoms with Gasteiger partial charge in [0, 0.05) is 48.8 Å². The molecule has 8 heteroatoms. The van der Waals surface area contributed by atoms with Gasteiger partial charge in [-0.15, -0.1) is 0 Å². The highest BCUT2D eigenvalue weighted by Gasteiger charge is 2.35. The highest BCUT2D eigenvalue weighted by atomic mass is 79.9. The van der Waals surface area contributed by atoms with Gasteiger partial charge in [0.2, 0.25) is 5.91 Å². The number of halogens is 1. The number of fused-ring (bicyclic) bond motifs is 1. The minimum Gasteiger partial charge on any atom is -0.387 e. The lowest BCUT2D eigenvalue weighted by atomic mass is 9.96. The first-order valence-corrected chi connectivity index (χ1v) is 12.6. The fourth-order valence-electron chi connectivity index (χ4n) is 4.83. The van der Waals surface area contributed by atoms with Crippen molar-refractivity contribution in [3.63, 3.8) is 0 Å². The summed E-state index contributed by atoms with van der Waals surface area (Å²) < 4.78 is 1.01. The van der Waals surface area contributed by atoms with E-state index in [4.69, 9.17) is 0 Å². The highest BCUT2D eigenvalue weighted by Crippen LogP contribution is 2.42. The normalized spacial score (nSPS) is 21.6. The van der Waals surface area contributed by atoms with Crippen LogP contribution in [0, 0.1) is 0 Å².